The van der Waals surface area contributed by atoms with Gasteiger partial charge < -0.3 is 9.84 Å². The zero-order valence-corrected chi connectivity index (χ0v) is 8.62. The molecule has 1 fully saturated rings. The topological polar surface area (TPSA) is 46.5 Å². The lowest BCUT2D eigenvalue weighted by Gasteiger charge is -2.15. The van der Waals surface area contributed by atoms with Gasteiger partial charge in [-0.05, 0) is 25.0 Å². The second-order valence-electron chi connectivity index (χ2n) is 4.38. The van der Waals surface area contributed by atoms with E-state index in [0.717, 1.165) is 5.56 Å². The number of carbonyl (C=O) groups is 1. The summed E-state index contributed by atoms with van der Waals surface area (Å²) in [6.07, 6.45) is 1.66. The third-order valence-electron chi connectivity index (χ3n) is 3.47. The van der Waals surface area contributed by atoms with Crippen LogP contribution in [0.3, 0.4) is 0 Å². The molecule has 0 radical (unpaired) electrons. The highest BCUT2D eigenvalue weighted by atomic mass is 19.1. The van der Waals surface area contributed by atoms with Crippen molar-refractivity contribution in [2.45, 2.75) is 24.7 Å². The van der Waals surface area contributed by atoms with Crippen LogP contribution < -0.4 is 4.74 Å². The maximum atomic E-state index is 13.8. The lowest BCUT2D eigenvalue weighted by atomic mass is 9.89. The van der Waals surface area contributed by atoms with Gasteiger partial charge in [0, 0.05) is 17.5 Å². The molecule has 1 aromatic rings. The van der Waals surface area contributed by atoms with Crippen LogP contribution in [0.15, 0.2) is 12.1 Å². The Morgan fingerprint density at radius 2 is 2.19 bits per heavy atom. The van der Waals surface area contributed by atoms with Gasteiger partial charge in [0.2, 0.25) is 0 Å². The molecule has 16 heavy (non-hydrogen) atoms. The second-order valence-corrected chi connectivity index (χ2v) is 4.38. The minimum Gasteiger partial charge on any atom is -0.493 e. The summed E-state index contributed by atoms with van der Waals surface area (Å²) in [5.41, 5.74) is 0.123. The third-order valence-corrected chi connectivity index (χ3v) is 3.47. The van der Waals surface area contributed by atoms with E-state index in [2.05, 4.69) is 0 Å². The van der Waals surface area contributed by atoms with E-state index >= 15 is 0 Å². The van der Waals surface area contributed by atoms with Crippen LogP contribution in [0.5, 0.6) is 5.75 Å². The van der Waals surface area contributed by atoms with E-state index in [4.69, 9.17) is 4.74 Å². The fraction of sp³-hybridized carbons (Fsp3) is 0.417. The van der Waals surface area contributed by atoms with Gasteiger partial charge in [0.1, 0.15) is 11.6 Å². The first-order chi connectivity index (χ1) is 7.65. The molecule has 1 heterocycles. The Hall–Kier alpha value is -1.58. The summed E-state index contributed by atoms with van der Waals surface area (Å²) in [7, 11) is 0. The van der Waals surface area contributed by atoms with Crippen molar-refractivity contribution in [3.63, 3.8) is 0 Å². The average Bonchev–Trinajstić information content (AvgIpc) is 2.90. The number of benzene rings is 1. The van der Waals surface area contributed by atoms with E-state index < -0.39 is 17.2 Å². The van der Waals surface area contributed by atoms with E-state index in [1.165, 1.54) is 6.07 Å². The predicted octanol–water partition coefficient (Wildman–Crippen LogP) is 1.88. The predicted molar refractivity (Wildman–Crippen MR) is 54.1 cm³/mol. The van der Waals surface area contributed by atoms with E-state index in [9.17, 15) is 14.3 Å². The molecule has 0 atom stereocenters. The highest BCUT2D eigenvalue weighted by Crippen LogP contribution is 2.52. The Labute approximate surface area is 91.8 Å². The molecule has 2 aliphatic rings. The maximum absolute atomic E-state index is 13.8. The van der Waals surface area contributed by atoms with Gasteiger partial charge in [-0.15, -0.1) is 0 Å². The molecule has 1 saturated carbocycles. The van der Waals surface area contributed by atoms with Crippen molar-refractivity contribution in [2.24, 2.45) is 0 Å². The van der Waals surface area contributed by atoms with Crippen molar-refractivity contribution in [3.8, 4) is 5.75 Å². The number of carboxylic acids is 1. The van der Waals surface area contributed by atoms with Crippen LogP contribution in [-0.4, -0.2) is 17.7 Å². The first kappa shape index (κ1) is 9.63. The first-order valence-electron chi connectivity index (χ1n) is 5.33. The van der Waals surface area contributed by atoms with Crippen molar-refractivity contribution < 1.29 is 19.0 Å². The number of hydrogen-bond donors (Lipinski definition) is 1. The number of fused-ring (bicyclic) bond motifs is 1. The number of ether oxygens (including phenoxy) is 1. The molecule has 3 rings (SSSR count). The summed E-state index contributed by atoms with van der Waals surface area (Å²) in [4.78, 5) is 11.2. The molecule has 0 saturated heterocycles. The molecule has 0 spiro atoms. The highest BCUT2D eigenvalue weighted by Gasteiger charge is 2.55. The van der Waals surface area contributed by atoms with Crippen LogP contribution in [0.1, 0.15) is 24.0 Å². The van der Waals surface area contributed by atoms with E-state index in [1.54, 1.807) is 6.07 Å². The summed E-state index contributed by atoms with van der Waals surface area (Å²) < 4.78 is 19.2. The van der Waals surface area contributed by atoms with Crippen LogP contribution in [0.2, 0.25) is 0 Å². The molecule has 0 amide bonds. The SMILES string of the molecule is O=C(O)C1(c2c(F)ccc3c2CCO3)CC1. The molecule has 0 unspecified atom stereocenters. The summed E-state index contributed by atoms with van der Waals surface area (Å²) in [6, 6.07) is 2.89. The smallest absolute Gasteiger partial charge is 0.314 e. The van der Waals surface area contributed by atoms with Crippen LogP contribution in [-0.2, 0) is 16.6 Å². The van der Waals surface area contributed by atoms with Crippen LogP contribution >= 0.6 is 0 Å². The minimum atomic E-state index is -0.983. The summed E-state index contributed by atoms with van der Waals surface area (Å²) >= 11 is 0. The van der Waals surface area contributed by atoms with Gasteiger partial charge in [-0.3, -0.25) is 4.79 Å². The largest absolute Gasteiger partial charge is 0.493 e. The molecule has 1 aliphatic heterocycles. The molecular weight excluding hydrogens is 211 g/mol. The minimum absolute atomic E-state index is 0.356. The van der Waals surface area contributed by atoms with Gasteiger partial charge in [0.05, 0.1) is 12.0 Å². The Morgan fingerprint density at radius 1 is 1.44 bits per heavy atom. The molecule has 1 aromatic carbocycles. The fourth-order valence-corrected chi connectivity index (χ4v) is 2.46. The van der Waals surface area contributed by atoms with Crippen LogP contribution in [0, 0.1) is 5.82 Å². The van der Waals surface area contributed by atoms with Crippen molar-refractivity contribution in [2.75, 3.05) is 6.61 Å². The fourth-order valence-electron chi connectivity index (χ4n) is 2.46. The number of aliphatic carboxylic acids is 1. The third kappa shape index (κ3) is 1.10. The van der Waals surface area contributed by atoms with Gasteiger partial charge in [-0.1, -0.05) is 0 Å². The van der Waals surface area contributed by atoms with Gasteiger partial charge in [-0.25, -0.2) is 4.39 Å². The highest BCUT2D eigenvalue weighted by molar-refractivity contribution is 5.86. The number of hydrogen-bond acceptors (Lipinski definition) is 2. The van der Waals surface area contributed by atoms with Crippen LogP contribution in [0.4, 0.5) is 4.39 Å². The van der Waals surface area contributed by atoms with E-state index in [1.807, 2.05) is 0 Å². The molecule has 1 N–H and O–H groups in total. The molecule has 84 valence electrons. The number of carboxylic acid groups (broad SMARTS) is 1. The normalized spacial score (nSPS) is 20.1. The van der Waals surface area contributed by atoms with Crippen molar-refractivity contribution in [1.29, 1.82) is 0 Å². The van der Waals surface area contributed by atoms with Gasteiger partial charge in [-0.2, -0.15) is 0 Å². The van der Waals surface area contributed by atoms with E-state index in [0.29, 0.717) is 37.2 Å². The summed E-state index contributed by atoms with van der Waals surface area (Å²) in [5.74, 6) is -0.695. The maximum Gasteiger partial charge on any atom is 0.314 e. The Morgan fingerprint density at radius 3 is 2.81 bits per heavy atom. The van der Waals surface area contributed by atoms with Crippen molar-refractivity contribution >= 4 is 5.97 Å². The molecule has 4 heteroatoms. The molecule has 1 aliphatic carbocycles. The van der Waals surface area contributed by atoms with Crippen molar-refractivity contribution in [3.05, 3.63) is 29.1 Å². The molecule has 0 aromatic heterocycles. The molecule has 0 bridgehead atoms. The van der Waals surface area contributed by atoms with E-state index in [-0.39, 0.29) is 0 Å². The zero-order chi connectivity index (χ0) is 11.3. The monoisotopic (exact) mass is 222 g/mol. The molecule has 3 nitrogen and oxygen atoms in total. The quantitative estimate of drug-likeness (QED) is 0.831. The van der Waals surface area contributed by atoms with Crippen LogP contribution in [0.25, 0.3) is 0 Å². The standard InChI is InChI=1S/C12H11FO3/c13-8-1-2-9-7(3-6-16-9)10(8)12(4-5-12)11(14)15/h1-2H,3-6H2,(H,14,15). The number of rotatable bonds is 2. The lowest BCUT2D eigenvalue weighted by Crippen LogP contribution is -2.22. The first-order valence-corrected chi connectivity index (χ1v) is 5.33. The molecular formula is C12H11FO3. The second kappa shape index (κ2) is 2.97. The average molecular weight is 222 g/mol. The summed E-state index contributed by atoms with van der Waals surface area (Å²) in [5, 5.41) is 9.21. The van der Waals surface area contributed by atoms with Gasteiger partial charge in [0.25, 0.3) is 0 Å². The summed E-state index contributed by atoms with van der Waals surface area (Å²) in [6.45, 7) is 0.515. The number of halogens is 1. The lowest BCUT2D eigenvalue weighted by molar-refractivity contribution is -0.140. The Bertz CT molecular complexity index is 477. The Kier molecular flexibility index (Phi) is 1.79. The zero-order valence-electron chi connectivity index (χ0n) is 8.62. The van der Waals surface area contributed by atoms with Gasteiger partial charge in [0.15, 0.2) is 0 Å². The van der Waals surface area contributed by atoms with Crippen molar-refractivity contribution in [1.82, 2.24) is 0 Å². The van der Waals surface area contributed by atoms with Gasteiger partial charge >= 0.3 is 5.97 Å². The Balaban J connectivity index is 2.21.